The van der Waals surface area contributed by atoms with Crippen molar-refractivity contribution < 1.29 is 27.9 Å². The van der Waals surface area contributed by atoms with Crippen LogP contribution in [0.1, 0.15) is 84.5 Å². The van der Waals surface area contributed by atoms with Gasteiger partial charge in [-0.2, -0.15) is 0 Å². The Morgan fingerprint density at radius 1 is 0.676 bits per heavy atom. The molecule has 0 saturated carbocycles. The molecule has 6 nitrogen and oxygen atoms in total. The number of phosphoric acid groups is 1. The summed E-state index contributed by atoms with van der Waals surface area (Å²) in [6.07, 6.45) is 13.6. The summed E-state index contributed by atoms with van der Waals surface area (Å²) >= 11 is 0. The lowest BCUT2D eigenvalue weighted by molar-refractivity contribution is -0.132. The number of hydrogen-bond acceptors (Lipinski definition) is 6. The summed E-state index contributed by atoms with van der Waals surface area (Å²) in [4.78, 5) is 5.45. The largest absolute Gasteiger partial charge is 0.511 e. The summed E-state index contributed by atoms with van der Waals surface area (Å²) in [5.74, 6) is 0.463. The number of unbranched alkanes of at least 4 members (excludes halogenated alkanes) is 10. The molecule has 0 fully saturated rings. The molecule has 1 atom stereocenters. The van der Waals surface area contributed by atoms with E-state index in [1.165, 1.54) is 51.4 Å². The first kappa shape index (κ1) is 28.8. The average molecular weight is 495 g/mol. The summed E-state index contributed by atoms with van der Waals surface area (Å²) in [5, 5.41) is 1.86. The van der Waals surface area contributed by atoms with Crippen molar-refractivity contribution in [2.24, 2.45) is 0 Å². The van der Waals surface area contributed by atoms with Crippen molar-refractivity contribution in [2.45, 2.75) is 84.5 Å². The van der Waals surface area contributed by atoms with Crippen LogP contribution >= 0.6 is 7.82 Å². The van der Waals surface area contributed by atoms with E-state index >= 15 is 0 Å². The normalized spacial score (nSPS) is 13.2. The van der Waals surface area contributed by atoms with Crippen molar-refractivity contribution in [1.29, 1.82) is 0 Å². The first-order chi connectivity index (χ1) is 16.7. The van der Waals surface area contributed by atoms with Gasteiger partial charge in [0.15, 0.2) is 5.75 Å². The molecule has 0 aliphatic carbocycles. The molecule has 2 aromatic rings. The Hall–Kier alpha value is -1.43. The third-order valence-electron chi connectivity index (χ3n) is 5.65. The highest BCUT2D eigenvalue weighted by Gasteiger charge is 2.29. The minimum Gasteiger partial charge on any atom is -0.379 e. The van der Waals surface area contributed by atoms with Crippen LogP contribution in [0.3, 0.4) is 0 Å². The molecule has 0 spiro atoms. The van der Waals surface area contributed by atoms with Crippen LogP contribution in [0.25, 0.3) is 10.8 Å². The van der Waals surface area contributed by atoms with Gasteiger partial charge in [0.1, 0.15) is 0 Å². The Bertz CT molecular complexity index is 822. The van der Waals surface area contributed by atoms with Gasteiger partial charge in [0.2, 0.25) is 0 Å². The van der Waals surface area contributed by atoms with E-state index in [0.717, 1.165) is 30.0 Å². The minimum absolute atomic E-state index is 0.0995. The van der Waals surface area contributed by atoms with Gasteiger partial charge < -0.3 is 9.62 Å². The molecule has 0 radical (unpaired) electrons. The summed E-state index contributed by atoms with van der Waals surface area (Å²) in [5.41, 5.74) is 0. The molecule has 2 aromatic carbocycles. The van der Waals surface area contributed by atoms with Crippen molar-refractivity contribution in [3.05, 3.63) is 42.5 Å². The van der Waals surface area contributed by atoms with Crippen molar-refractivity contribution in [1.82, 2.24) is 0 Å². The standard InChI is InChI=1S/C27H43O6P/c1-3-5-6-7-8-9-10-11-12-13-16-22-30-34(28,31-24-23-29-4-2)33-32-27-21-17-19-25-18-14-15-20-26(25)27/h14-15,17-21H,3-13,16,22-24H2,1-2H3. The van der Waals surface area contributed by atoms with Gasteiger partial charge in [0.25, 0.3) is 0 Å². The lowest BCUT2D eigenvalue weighted by Crippen LogP contribution is -2.08. The highest BCUT2D eigenvalue weighted by Crippen LogP contribution is 2.50. The van der Waals surface area contributed by atoms with Gasteiger partial charge in [-0.05, 0) is 24.8 Å². The van der Waals surface area contributed by atoms with E-state index in [2.05, 4.69) is 6.92 Å². The summed E-state index contributed by atoms with van der Waals surface area (Å²) in [6, 6.07) is 13.3. The fraction of sp³-hybridized carbons (Fsp3) is 0.630. The highest BCUT2D eigenvalue weighted by atomic mass is 31.2. The molecule has 0 N–H and O–H groups in total. The molecule has 0 heterocycles. The fourth-order valence-corrected chi connectivity index (χ4v) is 4.71. The quantitative estimate of drug-likeness (QED) is 0.0749. The van der Waals surface area contributed by atoms with Crippen molar-refractivity contribution in [3.8, 4) is 5.75 Å². The van der Waals surface area contributed by atoms with Gasteiger partial charge in [-0.3, -0.25) is 9.05 Å². The predicted molar refractivity (Wildman–Crippen MR) is 138 cm³/mol. The van der Waals surface area contributed by atoms with Crippen molar-refractivity contribution in [2.75, 3.05) is 26.4 Å². The fourth-order valence-electron chi connectivity index (χ4n) is 3.73. The Balaban J connectivity index is 1.72. The Labute approximate surface area is 205 Å². The second kappa shape index (κ2) is 17.9. The van der Waals surface area contributed by atoms with Crippen LogP contribution in [0.4, 0.5) is 0 Å². The molecule has 0 aliphatic rings. The lowest BCUT2D eigenvalue weighted by atomic mass is 10.1. The second-order valence-corrected chi connectivity index (χ2v) is 10.0. The predicted octanol–water partition coefficient (Wildman–Crippen LogP) is 8.64. The SMILES string of the molecule is CCCCCCCCCCCCCOP(=O)(OCCOCC)OOc1cccc2ccccc12. The molecular weight excluding hydrogens is 451 g/mol. The molecule has 2 rings (SSSR count). The molecule has 0 bridgehead atoms. The first-order valence-electron chi connectivity index (χ1n) is 13.0. The van der Waals surface area contributed by atoms with Gasteiger partial charge in [0.05, 0.1) is 19.8 Å². The number of fused-ring (bicyclic) bond motifs is 1. The zero-order valence-corrected chi connectivity index (χ0v) is 21.9. The Morgan fingerprint density at radius 2 is 1.29 bits per heavy atom. The number of ether oxygens (including phenoxy) is 1. The van der Waals surface area contributed by atoms with Crippen LogP contribution < -0.4 is 4.89 Å². The van der Waals surface area contributed by atoms with Gasteiger partial charge in [0, 0.05) is 12.0 Å². The van der Waals surface area contributed by atoms with Crippen molar-refractivity contribution in [3.63, 3.8) is 0 Å². The van der Waals surface area contributed by atoms with E-state index in [9.17, 15) is 4.57 Å². The maximum atomic E-state index is 13.1. The van der Waals surface area contributed by atoms with E-state index in [0.29, 0.717) is 25.6 Å². The third kappa shape index (κ3) is 11.8. The monoisotopic (exact) mass is 494 g/mol. The molecular formula is C27H43O6P. The zero-order valence-electron chi connectivity index (χ0n) is 21.0. The smallest absolute Gasteiger partial charge is 0.379 e. The Morgan fingerprint density at radius 3 is 2.00 bits per heavy atom. The number of hydrogen-bond donors (Lipinski definition) is 0. The Kier molecular flexibility index (Phi) is 15.2. The van der Waals surface area contributed by atoms with Crippen molar-refractivity contribution >= 4 is 18.6 Å². The van der Waals surface area contributed by atoms with E-state index < -0.39 is 7.82 Å². The average Bonchev–Trinajstić information content (AvgIpc) is 2.86. The van der Waals surface area contributed by atoms with Gasteiger partial charge in [-0.15, -0.1) is 0 Å². The van der Waals surface area contributed by atoms with Crippen LogP contribution in [0.2, 0.25) is 0 Å². The zero-order chi connectivity index (χ0) is 24.3. The molecule has 0 aliphatic heterocycles. The summed E-state index contributed by atoms with van der Waals surface area (Å²) < 4.78 is 34.6. The maximum absolute atomic E-state index is 13.1. The van der Waals surface area contributed by atoms with E-state index in [1.807, 2.05) is 43.3 Å². The van der Waals surface area contributed by atoms with E-state index in [1.54, 1.807) is 6.07 Å². The van der Waals surface area contributed by atoms with Gasteiger partial charge in [-0.25, -0.2) is 4.57 Å². The molecule has 192 valence electrons. The lowest BCUT2D eigenvalue weighted by Gasteiger charge is -2.17. The van der Waals surface area contributed by atoms with Crippen LogP contribution in [0.15, 0.2) is 42.5 Å². The van der Waals surface area contributed by atoms with Crippen LogP contribution in [0, 0.1) is 0 Å². The summed E-state index contributed by atoms with van der Waals surface area (Å²) in [7, 11) is -3.89. The minimum atomic E-state index is -3.89. The van der Waals surface area contributed by atoms with Crippen LogP contribution in [-0.2, 0) is 23.0 Å². The van der Waals surface area contributed by atoms with E-state index in [4.69, 9.17) is 23.3 Å². The number of phosphoric ester groups is 1. The first-order valence-corrected chi connectivity index (χ1v) is 14.5. The topological polar surface area (TPSA) is 63.2 Å². The van der Waals surface area contributed by atoms with Crippen LogP contribution in [0.5, 0.6) is 5.75 Å². The molecule has 7 heteroatoms. The molecule has 1 unspecified atom stereocenters. The van der Waals surface area contributed by atoms with Gasteiger partial charge >= 0.3 is 7.82 Å². The van der Waals surface area contributed by atoms with Crippen LogP contribution in [-0.4, -0.2) is 26.4 Å². The highest BCUT2D eigenvalue weighted by molar-refractivity contribution is 7.48. The number of benzene rings is 2. The molecule has 0 amide bonds. The maximum Gasteiger partial charge on any atom is 0.511 e. The molecule has 0 aromatic heterocycles. The molecule has 0 saturated heterocycles. The molecule has 34 heavy (non-hydrogen) atoms. The second-order valence-electron chi connectivity index (χ2n) is 8.48. The van der Waals surface area contributed by atoms with E-state index in [-0.39, 0.29) is 6.61 Å². The number of rotatable bonds is 21. The van der Waals surface area contributed by atoms with Gasteiger partial charge in [-0.1, -0.05) is 112 Å². The summed E-state index contributed by atoms with van der Waals surface area (Å²) in [6.45, 7) is 5.40. The third-order valence-corrected chi connectivity index (χ3v) is 6.90.